The third-order valence-corrected chi connectivity index (χ3v) is 7.33. The molecule has 1 aromatic carbocycles. The first kappa shape index (κ1) is 29.3. The summed E-state index contributed by atoms with van der Waals surface area (Å²) in [5.74, 6) is -1.22. The van der Waals surface area contributed by atoms with Crippen molar-refractivity contribution in [2.75, 3.05) is 6.54 Å². The maximum absolute atomic E-state index is 14.0. The van der Waals surface area contributed by atoms with Gasteiger partial charge in [0, 0.05) is 19.5 Å². The van der Waals surface area contributed by atoms with Crippen molar-refractivity contribution < 1.29 is 27.8 Å². The van der Waals surface area contributed by atoms with Gasteiger partial charge in [-0.2, -0.15) is 0 Å². The molecule has 2 aliphatic heterocycles. The van der Waals surface area contributed by atoms with Crippen LogP contribution in [-0.2, 0) is 20.7 Å². The third kappa shape index (κ3) is 7.43. The molecule has 0 bridgehead atoms. The van der Waals surface area contributed by atoms with E-state index in [1.54, 1.807) is 9.80 Å². The fraction of sp³-hybridized carbons (Fsp3) is 0.724. The van der Waals surface area contributed by atoms with Crippen LogP contribution >= 0.6 is 0 Å². The van der Waals surface area contributed by atoms with Gasteiger partial charge in [-0.05, 0) is 77.5 Å². The summed E-state index contributed by atoms with van der Waals surface area (Å²) in [6, 6.07) is 2.60. The van der Waals surface area contributed by atoms with E-state index in [0.717, 1.165) is 38.2 Å². The van der Waals surface area contributed by atoms with Gasteiger partial charge >= 0.3 is 6.09 Å². The number of ether oxygens (including phenoxy) is 2. The van der Waals surface area contributed by atoms with Crippen molar-refractivity contribution in [1.29, 1.82) is 0 Å². The van der Waals surface area contributed by atoms with Gasteiger partial charge in [0.1, 0.15) is 29.1 Å². The predicted octanol–water partition coefficient (Wildman–Crippen LogP) is 6.46. The number of amides is 2. The van der Waals surface area contributed by atoms with E-state index in [-0.39, 0.29) is 18.4 Å². The molecule has 0 saturated carbocycles. The molecule has 2 aliphatic rings. The fourth-order valence-corrected chi connectivity index (χ4v) is 6.01. The maximum atomic E-state index is 14.0. The summed E-state index contributed by atoms with van der Waals surface area (Å²) in [7, 11) is 0. The second-order valence-corrected chi connectivity index (χ2v) is 12.1. The highest BCUT2D eigenvalue weighted by molar-refractivity contribution is 5.75. The number of unbranched alkanes of at least 4 members (excludes halogenated alkanes) is 3. The number of halogens is 2. The monoisotopic (exact) mass is 522 g/mol. The standard InChI is InChI=1S/C29H44F2N2O4/c1-8-9-10-11-12-20-15-24(32(18-20)27(35)37-28(3,4)5)26-25(33(19(2)34)29(6,7)36-26)16-21-13-22(30)17-23(31)14-21/h13-14,17,20,24-26H,8-12,15-16,18H2,1-7H3. The van der Waals surface area contributed by atoms with E-state index >= 15 is 0 Å². The fourth-order valence-electron chi connectivity index (χ4n) is 6.01. The van der Waals surface area contributed by atoms with E-state index < -0.39 is 41.2 Å². The van der Waals surface area contributed by atoms with Crippen molar-refractivity contribution in [2.24, 2.45) is 5.92 Å². The zero-order valence-electron chi connectivity index (χ0n) is 23.5. The van der Waals surface area contributed by atoms with E-state index in [1.165, 1.54) is 25.5 Å². The van der Waals surface area contributed by atoms with Gasteiger partial charge in [-0.25, -0.2) is 13.6 Å². The van der Waals surface area contributed by atoms with E-state index in [0.29, 0.717) is 18.0 Å². The van der Waals surface area contributed by atoms with Gasteiger partial charge in [-0.3, -0.25) is 4.79 Å². The molecule has 208 valence electrons. The van der Waals surface area contributed by atoms with Crippen molar-refractivity contribution >= 4 is 12.0 Å². The molecule has 0 radical (unpaired) electrons. The molecule has 4 unspecified atom stereocenters. The van der Waals surface area contributed by atoms with Crippen LogP contribution in [0.25, 0.3) is 0 Å². The van der Waals surface area contributed by atoms with E-state index in [2.05, 4.69) is 6.92 Å². The predicted molar refractivity (Wildman–Crippen MR) is 139 cm³/mol. The SMILES string of the molecule is CCCCCCC1CC(C2OC(C)(C)N(C(C)=O)C2Cc2cc(F)cc(F)c2)N(C(=O)OC(C)(C)C)C1. The summed E-state index contributed by atoms with van der Waals surface area (Å²) < 4.78 is 40.4. The molecule has 0 aliphatic carbocycles. The molecular weight excluding hydrogens is 478 g/mol. The van der Waals surface area contributed by atoms with Crippen LogP contribution in [0, 0.1) is 17.6 Å². The Morgan fingerprint density at radius 3 is 2.32 bits per heavy atom. The van der Waals surface area contributed by atoms with Crippen LogP contribution in [0.5, 0.6) is 0 Å². The summed E-state index contributed by atoms with van der Waals surface area (Å²) in [6.07, 6.45) is 5.61. The third-order valence-electron chi connectivity index (χ3n) is 7.33. The first-order valence-corrected chi connectivity index (χ1v) is 13.6. The van der Waals surface area contributed by atoms with Gasteiger partial charge in [0.15, 0.2) is 0 Å². The first-order chi connectivity index (χ1) is 17.2. The Hall–Kier alpha value is -2.22. The molecule has 2 fully saturated rings. The Labute approximate surface area is 220 Å². The molecule has 0 N–H and O–H groups in total. The molecule has 0 spiro atoms. The Morgan fingerprint density at radius 2 is 1.76 bits per heavy atom. The molecule has 3 rings (SSSR count). The quantitative estimate of drug-likeness (QED) is 0.368. The molecular formula is C29H44F2N2O4. The highest BCUT2D eigenvalue weighted by Crippen LogP contribution is 2.41. The van der Waals surface area contributed by atoms with Gasteiger partial charge in [0.2, 0.25) is 5.91 Å². The van der Waals surface area contributed by atoms with Crippen LogP contribution in [0.4, 0.5) is 13.6 Å². The molecule has 2 saturated heterocycles. The van der Waals surface area contributed by atoms with Crippen LogP contribution in [0.1, 0.15) is 92.6 Å². The molecule has 6 nitrogen and oxygen atoms in total. The normalized spacial score (nSPS) is 25.5. The molecule has 8 heteroatoms. The smallest absolute Gasteiger partial charge is 0.410 e. The minimum Gasteiger partial charge on any atom is -0.444 e. The Balaban J connectivity index is 1.94. The first-order valence-electron chi connectivity index (χ1n) is 13.6. The zero-order valence-corrected chi connectivity index (χ0v) is 23.5. The van der Waals surface area contributed by atoms with Gasteiger partial charge in [-0.15, -0.1) is 0 Å². The highest BCUT2D eigenvalue weighted by Gasteiger charge is 2.55. The maximum Gasteiger partial charge on any atom is 0.410 e. The average molecular weight is 523 g/mol. The van der Waals surface area contributed by atoms with Crippen LogP contribution in [0.2, 0.25) is 0 Å². The van der Waals surface area contributed by atoms with Crippen LogP contribution < -0.4 is 0 Å². The van der Waals surface area contributed by atoms with Crippen molar-refractivity contribution in [3.8, 4) is 0 Å². The van der Waals surface area contributed by atoms with Gasteiger partial charge < -0.3 is 19.3 Å². The lowest BCUT2D eigenvalue weighted by atomic mass is 9.91. The Morgan fingerprint density at radius 1 is 1.11 bits per heavy atom. The van der Waals surface area contributed by atoms with E-state index in [4.69, 9.17) is 9.47 Å². The lowest BCUT2D eigenvalue weighted by Gasteiger charge is -2.34. The second-order valence-electron chi connectivity index (χ2n) is 12.1. The Kier molecular flexibility index (Phi) is 9.25. The number of hydrogen-bond acceptors (Lipinski definition) is 4. The van der Waals surface area contributed by atoms with E-state index in [1.807, 2.05) is 34.6 Å². The lowest BCUT2D eigenvalue weighted by Crippen LogP contribution is -2.52. The van der Waals surface area contributed by atoms with Gasteiger partial charge in [0.25, 0.3) is 0 Å². The van der Waals surface area contributed by atoms with Crippen molar-refractivity contribution in [3.05, 3.63) is 35.4 Å². The number of hydrogen-bond donors (Lipinski definition) is 0. The molecule has 0 aromatic heterocycles. The number of likely N-dealkylation sites (tertiary alicyclic amines) is 1. The molecule has 2 amide bonds. The number of nitrogens with zero attached hydrogens (tertiary/aromatic N) is 2. The number of carbonyl (C=O) groups excluding carboxylic acids is 2. The summed E-state index contributed by atoms with van der Waals surface area (Å²) in [5, 5.41) is 0. The number of carbonyl (C=O) groups is 2. The Bertz CT molecular complexity index is 941. The van der Waals surface area contributed by atoms with Crippen molar-refractivity contribution in [3.63, 3.8) is 0 Å². The highest BCUT2D eigenvalue weighted by atomic mass is 19.1. The topological polar surface area (TPSA) is 59.1 Å². The van der Waals surface area contributed by atoms with Crippen LogP contribution in [0.3, 0.4) is 0 Å². The second kappa shape index (κ2) is 11.7. The summed E-state index contributed by atoms with van der Waals surface area (Å²) in [5.41, 5.74) is -1.15. The summed E-state index contributed by atoms with van der Waals surface area (Å²) in [6.45, 7) is 13.4. The zero-order chi connectivity index (χ0) is 27.5. The minimum atomic E-state index is -0.939. The summed E-state index contributed by atoms with van der Waals surface area (Å²) in [4.78, 5) is 29.6. The lowest BCUT2D eigenvalue weighted by molar-refractivity contribution is -0.145. The van der Waals surface area contributed by atoms with Crippen LogP contribution in [-0.4, -0.2) is 57.9 Å². The molecule has 4 atom stereocenters. The molecule has 37 heavy (non-hydrogen) atoms. The van der Waals surface area contributed by atoms with Crippen molar-refractivity contribution in [2.45, 2.75) is 123 Å². The molecule has 2 heterocycles. The van der Waals surface area contributed by atoms with Gasteiger partial charge in [0.05, 0.1) is 12.1 Å². The average Bonchev–Trinajstić information content (AvgIpc) is 3.27. The number of benzene rings is 1. The van der Waals surface area contributed by atoms with E-state index in [9.17, 15) is 18.4 Å². The number of rotatable bonds is 8. The van der Waals surface area contributed by atoms with Crippen molar-refractivity contribution in [1.82, 2.24) is 9.80 Å². The van der Waals surface area contributed by atoms with Crippen LogP contribution in [0.15, 0.2) is 18.2 Å². The van der Waals surface area contributed by atoms with Gasteiger partial charge in [-0.1, -0.05) is 32.6 Å². The molecule has 1 aromatic rings. The summed E-state index contributed by atoms with van der Waals surface area (Å²) >= 11 is 0. The largest absolute Gasteiger partial charge is 0.444 e. The minimum absolute atomic E-state index is 0.188.